The fourth-order valence-corrected chi connectivity index (χ4v) is 2.62. The van der Waals surface area contributed by atoms with Gasteiger partial charge in [0, 0.05) is 25.5 Å². The van der Waals surface area contributed by atoms with Gasteiger partial charge < -0.3 is 14.8 Å². The molecule has 5 nitrogen and oxygen atoms in total. The molecule has 1 N–H and O–H groups in total. The van der Waals surface area contributed by atoms with E-state index in [1.54, 1.807) is 17.0 Å². The molecule has 1 aromatic rings. The normalized spacial score (nSPS) is 18.9. The van der Waals surface area contributed by atoms with Crippen LogP contribution in [0.15, 0.2) is 17.2 Å². The maximum Gasteiger partial charge on any atom is 0.293 e. The van der Waals surface area contributed by atoms with Crippen molar-refractivity contribution in [2.24, 2.45) is 5.41 Å². The summed E-state index contributed by atoms with van der Waals surface area (Å²) >= 11 is 0. The second kappa shape index (κ2) is 6.39. The zero-order chi connectivity index (χ0) is 14.6. The van der Waals surface area contributed by atoms with Crippen LogP contribution in [-0.4, -0.2) is 41.1 Å². The summed E-state index contributed by atoms with van der Waals surface area (Å²) in [5.41, 5.74) is 0.248. The van der Waals surface area contributed by atoms with Crippen molar-refractivity contribution in [1.82, 2.24) is 14.5 Å². The van der Waals surface area contributed by atoms with Crippen LogP contribution in [0.25, 0.3) is 0 Å². The molecule has 0 amide bonds. The zero-order valence-electron chi connectivity index (χ0n) is 12.9. The van der Waals surface area contributed by atoms with E-state index in [4.69, 9.17) is 0 Å². The van der Waals surface area contributed by atoms with Gasteiger partial charge in [-0.15, -0.1) is 0 Å². The second-order valence-corrected chi connectivity index (χ2v) is 6.24. The number of aromatic nitrogens is 2. The van der Waals surface area contributed by atoms with Crippen LogP contribution in [-0.2, 0) is 6.54 Å². The number of hydrogen-bond acceptors (Lipinski definition) is 4. The summed E-state index contributed by atoms with van der Waals surface area (Å²) < 4.78 is 1.73. The number of rotatable bonds is 5. The molecule has 112 valence electrons. The predicted molar refractivity (Wildman–Crippen MR) is 82.1 cm³/mol. The molecular formula is C15H26N4O. The Morgan fingerprint density at radius 3 is 2.75 bits per heavy atom. The molecule has 0 atom stereocenters. The summed E-state index contributed by atoms with van der Waals surface area (Å²) in [6, 6.07) is 0. The minimum Gasteiger partial charge on any atom is -0.365 e. The Balaban J connectivity index is 2.00. The summed E-state index contributed by atoms with van der Waals surface area (Å²) in [6.45, 7) is 8.18. The fraction of sp³-hybridized carbons (Fsp3) is 0.733. The van der Waals surface area contributed by atoms with Crippen molar-refractivity contribution in [2.45, 2.75) is 39.7 Å². The molecule has 1 fully saturated rings. The number of aryl methyl sites for hydroxylation is 1. The van der Waals surface area contributed by atoms with Gasteiger partial charge in [0.2, 0.25) is 0 Å². The van der Waals surface area contributed by atoms with E-state index < -0.39 is 0 Å². The molecule has 1 aromatic heterocycles. The summed E-state index contributed by atoms with van der Waals surface area (Å²) in [6.07, 6.45) is 6.73. The Labute approximate surface area is 121 Å². The van der Waals surface area contributed by atoms with Gasteiger partial charge >= 0.3 is 0 Å². The number of hydrogen-bond donors (Lipinski definition) is 1. The lowest BCUT2D eigenvalue weighted by molar-refractivity contribution is 0.150. The monoisotopic (exact) mass is 278 g/mol. The van der Waals surface area contributed by atoms with E-state index >= 15 is 0 Å². The minimum atomic E-state index is -0.00845. The van der Waals surface area contributed by atoms with Gasteiger partial charge in [-0.25, -0.2) is 4.98 Å². The highest BCUT2D eigenvalue weighted by Gasteiger charge is 2.28. The van der Waals surface area contributed by atoms with Crippen molar-refractivity contribution in [3.8, 4) is 0 Å². The third-order valence-corrected chi connectivity index (χ3v) is 4.25. The molecule has 0 saturated carbocycles. The SMILES string of the molecule is CCCn1ccnc(NCC2(C)CCN(C)CC2)c1=O. The number of anilines is 1. The van der Waals surface area contributed by atoms with Crippen molar-refractivity contribution < 1.29 is 0 Å². The van der Waals surface area contributed by atoms with Crippen LogP contribution in [0.1, 0.15) is 33.1 Å². The van der Waals surface area contributed by atoms with Crippen molar-refractivity contribution in [2.75, 3.05) is 32.0 Å². The Morgan fingerprint density at radius 1 is 1.40 bits per heavy atom. The largest absolute Gasteiger partial charge is 0.365 e. The van der Waals surface area contributed by atoms with Crippen LogP contribution in [0, 0.1) is 5.41 Å². The first-order valence-corrected chi connectivity index (χ1v) is 7.52. The Kier molecular flexibility index (Phi) is 4.81. The maximum atomic E-state index is 12.2. The molecule has 1 aliphatic heterocycles. The molecular weight excluding hydrogens is 252 g/mol. The van der Waals surface area contributed by atoms with E-state index in [0.717, 1.165) is 45.4 Å². The lowest BCUT2D eigenvalue weighted by atomic mass is 9.80. The van der Waals surface area contributed by atoms with E-state index in [1.807, 2.05) is 0 Å². The van der Waals surface area contributed by atoms with Crippen LogP contribution >= 0.6 is 0 Å². The molecule has 20 heavy (non-hydrogen) atoms. The lowest BCUT2D eigenvalue weighted by Crippen LogP contribution is -2.40. The van der Waals surface area contributed by atoms with Gasteiger partial charge in [0.05, 0.1) is 0 Å². The average Bonchev–Trinajstić information content (AvgIpc) is 2.44. The van der Waals surface area contributed by atoms with Gasteiger partial charge in [-0.05, 0) is 44.8 Å². The molecule has 1 aliphatic rings. The molecule has 2 heterocycles. The molecule has 0 radical (unpaired) electrons. The van der Waals surface area contributed by atoms with E-state index in [0.29, 0.717) is 5.82 Å². The summed E-state index contributed by atoms with van der Waals surface area (Å²) in [4.78, 5) is 18.8. The van der Waals surface area contributed by atoms with E-state index in [9.17, 15) is 4.79 Å². The van der Waals surface area contributed by atoms with Gasteiger partial charge in [-0.2, -0.15) is 0 Å². The third kappa shape index (κ3) is 3.60. The third-order valence-electron chi connectivity index (χ3n) is 4.25. The molecule has 0 aromatic carbocycles. The first-order chi connectivity index (χ1) is 9.54. The molecule has 2 rings (SSSR count). The van der Waals surface area contributed by atoms with Gasteiger partial charge in [0.15, 0.2) is 5.82 Å². The zero-order valence-corrected chi connectivity index (χ0v) is 12.9. The standard InChI is InChI=1S/C15H26N4O/c1-4-8-19-11-7-16-13(14(19)20)17-12-15(2)5-9-18(3)10-6-15/h7,11H,4-6,8-10,12H2,1-3H3,(H,16,17). The van der Waals surface area contributed by atoms with Gasteiger partial charge in [-0.1, -0.05) is 13.8 Å². The van der Waals surface area contributed by atoms with Crippen molar-refractivity contribution in [3.05, 3.63) is 22.7 Å². The Hall–Kier alpha value is -1.36. The Morgan fingerprint density at radius 2 is 2.10 bits per heavy atom. The molecule has 0 aliphatic carbocycles. The number of nitrogens with one attached hydrogen (secondary N) is 1. The fourth-order valence-electron chi connectivity index (χ4n) is 2.62. The van der Waals surface area contributed by atoms with Crippen LogP contribution in [0.2, 0.25) is 0 Å². The topological polar surface area (TPSA) is 50.2 Å². The molecule has 0 bridgehead atoms. The lowest BCUT2D eigenvalue weighted by Gasteiger charge is -2.38. The summed E-state index contributed by atoms with van der Waals surface area (Å²) in [5.74, 6) is 0.487. The van der Waals surface area contributed by atoms with Gasteiger partial charge in [-0.3, -0.25) is 4.79 Å². The van der Waals surface area contributed by atoms with Crippen LogP contribution in [0.5, 0.6) is 0 Å². The first kappa shape index (κ1) is 15.0. The molecule has 5 heteroatoms. The average molecular weight is 278 g/mol. The van der Waals surface area contributed by atoms with Crippen molar-refractivity contribution in [1.29, 1.82) is 0 Å². The summed E-state index contributed by atoms with van der Waals surface area (Å²) in [7, 11) is 2.16. The number of piperidine rings is 1. The predicted octanol–water partition coefficient (Wildman–Crippen LogP) is 1.80. The van der Waals surface area contributed by atoms with Crippen LogP contribution in [0.3, 0.4) is 0 Å². The van der Waals surface area contributed by atoms with E-state index in [1.165, 1.54) is 0 Å². The summed E-state index contributed by atoms with van der Waals surface area (Å²) in [5, 5.41) is 3.27. The second-order valence-electron chi connectivity index (χ2n) is 6.24. The molecule has 0 spiro atoms. The molecule has 1 saturated heterocycles. The van der Waals surface area contributed by atoms with E-state index in [-0.39, 0.29) is 11.0 Å². The minimum absolute atomic E-state index is 0.00845. The van der Waals surface area contributed by atoms with Crippen molar-refractivity contribution >= 4 is 5.82 Å². The van der Waals surface area contributed by atoms with Crippen molar-refractivity contribution in [3.63, 3.8) is 0 Å². The quantitative estimate of drug-likeness (QED) is 0.892. The smallest absolute Gasteiger partial charge is 0.293 e. The Bertz CT molecular complexity index is 489. The van der Waals surface area contributed by atoms with Gasteiger partial charge in [0.1, 0.15) is 0 Å². The number of likely N-dealkylation sites (tertiary alicyclic amines) is 1. The highest BCUT2D eigenvalue weighted by Crippen LogP contribution is 2.30. The van der Waals surface area contributed by atoms with Crippen LogP contribution in [0.4, 0.5) is 5.82 Å². The van der Waals surface area contributed by atoms with Gasteiger partial charge in [0.25, 0.3) is 5.56 Å². The highest BCUT2D eigenvalue weighted by molar-refractivity contribution is 5.31. The van der Waals surface area contributed by atoms with Crippen LogP contribution < -0.4 is 10.9 Å². The molecule has 0 unspecified atom stereocenters. The highest BCUT2D eigenvalue weighted by atomic mass is 16.1. The van der Waals surface area contributed by atoms with E-state index in [2.05, 4.69) is 36.1 Å². The maximum absolute atomic E-state index is 12.2. The first-order valence-electron chi connectivity index (χ1n) is 7.52. The number of nitrogens with zero attached hydrogens (tertiary/aromatic N) is 3.